The highest BCUT2D eigenvalue weighted by Crippen LogP contribution is 2.13. The Morgan fingerprint density at radius 2 is 1.89 bits per heavy atom. The van der Waals surface area contributed by atoms with Crippen molar-refractivity contribution in [1.29, 1.82) is 0 Å². The molecule has 108 valence electrons. The van der Waals surface area contributed by atoms with Gasteiger partial charge < -0.3 is 0 Å². The van der Waals surface area contributed by atoms with E-state index >= 15 is 0 Å². The number of nitrogens with zero attached hydrogens (tertiary/aromatic N) is 4. The zero-order valence-electron chi connectivity index (χ0n) is 11.8. The van der Waals surface area contributed by atoms with Crippen molar-refractivity contribution in [2.45, 2.75) is 26.9 Å². The van der Waals surface area contributed by atoms with E-state index in [2.05, 4.69) is 23.1 Å². The number of piperazine rings is 1. The minimum absolute atomic E-state index is 0.583. The summed E-state index contributed by atoms with van der Waals surface area (Å²) in [7, 11) is -3.04. The minimum Gasteiger partial charge on any atom is -0.296 e. The molecule has 0 N–H and O–H groups in total. The van der Waals surface area contributed by atoms with Gasteiger partial charge in [-0.1, -0.05) is 0 Å². The Bertz CT molecular complexity index is 530. The van der Waals surface area contributed by atoms with E-state index in [1.54, 1.807) is 4.31 Å². The molecule has 1 fully saturated rings. The van der Waals surface area contributed by atoms with E-state index in [4.69, 9.17) is 0 Å². The second-order valence-corrected chi connectivity index (χ2v) is 7.02. The molecule has 0 amide bonds. The van der Waals surface area contributed by atoms with Crippen molar-refractivity contribution in [1.82, 2.24) is 19.0 Å². The smallest absolute Gasteiger partial charge is 0.211 e. The van der Waals surface area contributed by atoms with E-state index in [-0.39, 0.29) is 0 Å². The molecule has 1 saturated heterocycles. The highest BCUT2D eigenvalue weighted by atomic mass is 32.2. The van der Waals surface area contributed by atoms with Gasteiger partial charge in [0.25, 0.3) is 0 Å². The molecule has 6 nitrogen and oxygen atoms in total. The molecule has 0 saturated carbocycles. The van der Waals surface area contributed by atoms with Crippen LogP contribution in [0.3, 0.4) is 0 Å². The Balaban J connectivity index is 1.94. The van der Waals surface area contributed by atoms with E-state index in [9.17, 15) is 8.42 Å². The fourth-order valence-corrected chi connectivity index (χ4v) is 3.16. The van der Waals surface area contributed by atoms with Crippen molar-refractivity contribution >= 4 is 10.0 Å². The van der Waals surface area contributed by atoms with Gasteiger partial charge in [-0.15, -0.1) is 0 Å². The summed E-state index contributed by atoms with van der Waals surface area (Å²) >= 11 is 0. The average Bonchev–Trinajstić information content (AvgIpc) is 2.70. The predicted octanol–water partition coefficient (Wildman–Crippen LogP) is 0.289. The summed E-state index contributed by atoms with van der Waals surface area (Å²) in [4.78, 5) is 2.28. The second-order valence-electron chi connectivity index (χ2n) is 5.03. The summed E-state index contributed by atoms with van der Waals surface area (Å²) in [5, 5.41) is 4.43. The fourth-order valence-electron chi connectivity index (χ4n) is 2.34. The van der Waals surface area contributed by atoms with Crippen LogP contribution in [-0.2, 0) is 23.1 Å². The van der Waals surface area contributed by atoms with Crippen LogP contribution in [0.4, 0.5) is 0 Å². The highest BCUT2D eigenvalue weighted by molar-refractivity contribution is 7.88. The second kappa shape index (κ2) is 5.60. The third-order valence-electron chi connectivity index (χ3n) is 3.57. The van der Waals surface area contributed by atoms with Gasteiger partial charge in [0.1, 0.15) is 0 Å². The number of aryl methyl sites for hydroxylation is 2. The van der Waals surface area contributed by atoms with Gasteiger partial charge in [0, 0.05) is 51.0 Å². The van der Waals surface area contributed by atoms with Crippen LogP contribution < -0.4 is 0 Å². The number of hydrogen-bond acceptors (Lipinski definition) is 4. The number of sulfonamides is 1. The lowest BCUT2D eigenvalue weighted by Gasteiger charge is -2.33. The third kappa shape index (κ3) is 3.55. The molecule has 0 atom stereocenters. The van der Waals surface area contributed by atoms with Gasteiger partial charge in [0.15, 0.2) is 0 Å². The van der Waals surface area contributed by atoms with Crippen LogP contribution in [0.15, 0.2) is 6.20 Å². The predicted molar refractivity (Wildman–Crippen MR) is 74.3 cm³/mol. The van der Waals surface area contributed by atoms with Gasteiger partial charge in [-0.25, -0.2) is 8.42 Å². The minimum atomic E-state index is -3.04. The summed E-state index contributed by atoms with van der Waals surface area (Å²) in [6.07, 6.45) is 3.36. The number of hydrogen-bond donors (Lipinski definition) is 0. The van der Waals surface area contributed by atoms with Crippen molar-refractivity contribution in [2.24, 2.45) is 0 Å². The summed E-state index contributed by atoms with van der Waals surface area (Å²) in [6, 6.07) is 0. The van der Waals surface area contributed by atoms with Gasteiger partial charge in [-0.05, 0) is 13.8 Å². The molecule has 7 heteroatoms. The summed E-state index contributed by atoms with van der Waals surface area (Å²) in [5.41, 5.74) is 2.29. The van der Waals surface area contributed by atoms with Crippen LogP contribution in [0.1, 0.15) is 18.2 Å². The zero-order valence-corrected chi connectivity index (χ0v) is 12.7. The quantitative estimate of drug-likeness (QED) is 0.798. The Kier molecular flexibility index (Phi) is 4.27. The average molecular weight is 286 g/mol. The van der Waals surface area contributed by atoms with Crippen molar-refractivity contribution < 1.29 is 8.42 Å². The summed E-state index contributed by atoms with van der Waals surface area (Å²) < 4.78 is 26.4. The van der Waals surface area contributed by atoms with Crippen LogP contribution in [0.2, 0.25) is 0 Å². The lowest BCUT2D eigenvalue weighted by molar-refractivity contribution is 0.182. The van der Waals surface area contributed by atoms with Crippen molar-refractivity contribution in [2.75, 3.05) is 32.4 Å². The molecular formula is C12H22N4O2S. The first-order valence-corrected chi connectivity index (χ1v) is 8.45. The number of aromatic nitrogens is 2. The van der Waals surface area contributed by atoms with Gasteiger partial charge in [-0.3, -0.25) is 9.58 Å². The van der Waals surface area contributed by atoms with Crippen LogP contribution in [0, 0.1) is 6.92 Å². The normalized spacial score (nSPS) is 18.9. The molecule has 0 unspecified atom stereocenters. The van der Waals surface area contributed by atoms with Crippen LogP contribution in [-0.4, -0.2) is 59.8 Å². The van der Waals surface area contributed by atoms with Crippen LogP contribution in [0.5, 0.6) is 0 Å². The van der Waals surface area contributed by atoms with E-state index in [1.165, 1.54) is 11.8 Å². The van der Waals surface area contributed by atoms with Crippen molar-refractivity contribution in [3.63, 3.8) is 0 Å². The first-order chi connectivity index (χ1) is 8.90. The van der Waals surface area contributed by atoms with E-state index in [0.717, 1.165) is 31.9 Å². The van der Waals surface area contributed by atoms with Crippen LogP contribution in [0.25, 0.3) is 0 Å². The first-order valence-electron chi connectivity index (χ1n) is 6.60. The first kappa shape index (κ1) is 14.5. The van der Waals surface area contributed by atoms with E-state index in [1.807, 2.05) is 11.6 Å². The fraction of sp³-hybridized carbons (Fsp3) is 0.750. The van der Waals surface area contributed by atoms with E-state index in [0.29, 0.717) is 13.1 Å². The molecule has 1 aliphatic rings. The topological polar surface area (TPSA) is 58.4 Å². The molecule has 0 aromatic carbocycles. The van der Waals surface area contributed by atoms with Crippen molar-refractivity contribution in [3.05, 3.63) is 17.5 Å². The lowest BCUT2D eigenvalue weighted by Crippen LogP contribution is -2.47. The molecule has 2 heterocycles. The maximum absolute atomic E-state index is 11.4. The Morgan fingerprint density at radius 3 is 2.37 bits per heavy atom. The number of rotatable bonds is 4. The summed E-state index contributed by atoms with van der Waals surface area (Å²) in [6.45, 7) is 8.55. The summed E-state index contributed by atoms with van der Waals surface area (Å²) in [5.74, 6) is 0. The Morgan fingerprint density at radius 1 is 1.26 bits per heavy atom. The molecule has 0 radical (unpaired) electrons. The zero-order chi connectivity index (χ0) is 14.0. The molecule has 0 bridgehead atoms. The van der Waals surface area contributed by atoms with E-state index < -0.39 is 10.0 Å². The molecule has 1 aliphatic heterocycles. The molecule has 0 aliphatic carbocycles. The SMILES string of the molecule is CCn1cc(CN2CCN(S(C)(=O)=O)CC2)c(C)n1. The van der Waals surface area contributed by atoms with Crippen LogP contribution >= 0.6 is 0 Å². The van der Waals surface area contributed by atoms with Gasteiger partial charge in [-0.2, -0.15) is 9.40 Å². The molecule has 19 heavy (non-hydrogen) atoms. The largest absolute Gasteiger partial charge is 0.296 e. The van der Waals surface area contributed by atoms with Crippen molar-refractivity contribution in [3.8, 4) is 0 Å². The molecular weight excluding hydrogens is 264 g/mol. The Labute approximate surface area is 115 Å². The van der Waals surface area contributed by atoms with Gasteiger partial charge >= 0.3 is 0 Å². The molecule has 1 aromatic rings. The van der Waals surface area contributed by atoms with Gasteiger partial charge in [0.2, 0.25) is 10.0 Å². The monoisotopic (exact) mass is 286 g/mol. The lowest BCUT2D eigenvalue weighted by atomic mass is 10.2. The molecule has 2 rings (SSSR count). The standard InChI is InChI=1S/C12H22N4O2S/c1-4-15-10-12(11(2)13-15)9-14-5-7-16(8-6-14)19(3,17)18/h10H,4-9H2,1-3H3. The maximum Gasteiger partial charge on any atom is 0.211 e. The highest BCUT2D eigenvalue weighted by Gasteiger charge is 2.23. The van der Waals surface area contributed by atoms with Gasteiger partial charge in [0.05, 0.1) is 11.9 Å². The molecule has 0 spiro atoms. The third-order valence-corrected chi connectivity index (χ3v) is 4.87. The maximum atomic E-state index is 11.4. The Hall–Kier alpha value is -0.920. The molecule has 1 aromatic heterocycles.